The van der Waals surface area contributed by atoms with Crippen LogP contribution in [-0.2, 0) is 13.1 Å². The SMILES string of the molecule is CCn1c(CN)nc(Sc2cccc(F)c2)c1C(C)C. The molecule has 0 atom stereocenters. The highest BCUT2D eigenvalue weighted by Crippen LogP contribution is 2.34. The van der Waals surface area contributed by atoms with Crippen molar-refractivity contribution < 1.29 is 4.39 Å². The van der Waals surface area contributed by atoms with Gasteiger partial charge in [-0.3, -0.25) is 0 Å². The number of halogens is 1. The van der Waals surface area contributed by atoms with Gasteiger partial charge in [0.2, 0.25) is 0 Å². The highest BCUT2D eigenvalue weighted by molar-refractivity contribution is 7.99. The Morgan fingerprint density at radius 1 is 1.40 bits per heavy atom. The molecule has 0 amide bonds. The third-order valence-corrected chi connectivity index (χ3v) is 4.09. The van der Waals surface area contributed by atoms with Crippen molar-refractivity contribution in [2.75, 3.05) is 0 Å². The summed E-state index contributed by atoms with van der Waals surface area (Å²) >= 11 is 1.49. The van der Waals surface area contributed by atoms with Crippen LogP contribution in [0.15, 0.2) is 34.2 Å². The number of benzene rings is 1. The van der Waals surface area contributed by atoms with Crippen LogP contribution in [-0.4, -0.2) is 9.55 Å². The Balaban J connectivity index is 2.43. The predicted octanol–water partition coefficient (Wildman–Crippen LogP) is 3.78. The number of imidazole rings is 1. The lowest BCUT2D eigenvalue weighted by Crippen LogP contribution is -2.10. The molecule has 2 aromatic rings. The maximum absolute atomic E-state index is 13.3. The van der Waals surface area contributed by atoms with Gasteiger partial charge in [0.25, 0.3) is 0 Å². The van der Waals surface area contributed by atoms with Gasteiger partial charge >= 0.3 is 0 Å². The third kappa shape index (κ3) is 3.04. The van der Waals surface area contributed by atoms with Crippen molar-refractivity contribution in [1.82, 2.24) is 9.55 Å². The summed E-state index contributed by atoms with van der Waals surface area (Å²) in [6.07, 6.45) is 0. The molecule has 0 fully saturated rings. The molecule has 0 unspecified atom stereocenters. The monoisotopic (exact) mass is 293 g/mol. The van der Waals surface area contributed by atoms with Gasteiger partial charge in [-0.05, 0) is 31.0 Å². The van der Waals surface area contributed by atoms with E-state index in [0.717, 1.165) is 22.3 Å². The molecule has 1 aromatic carbocycles. The fraction of sp³-hybridized carbons (Fsp3) is 0.400. The Kier molecular flexibility index (Phi) is 4.83. The first-order chi connectivity index (χ1) is 9.56. The van der Waals surface area contributed by atoms with Gasteiger partial charge in [-0.25, -0.2) is 9.37 Å². The van der Waals surface area contributed by atoms with Crippen molar-refractivity contribution in [2.45, 2.75) is 49.7 Å². The van der Waals surface area contributed by atoms with E-state index in [9.17, 15) is 4.39 Å². The zero-order valence-corrected chi connectivity index (χ0v) is 12.9. The molecule has 0 aliphatic carbocycles. The van der Waals surface area contributed by atoms with Crippen molar-refractivity contribution in [1.29, 1.82) is 0 Å². The van der Waals surface area contributed by atoms with E-state index in [-0.39, 0.29) is 5.82 Å². The van der Waals surface area contributed by atoms with E-state index >= 15 is 0 Å². The summed E-state index contributed by atoms with van der Waals surface area (Å²) in [4.78, 5) is 5.48. The van der Waals surface area contributed by atoms with Gasteiger partial charge in [0.15, 0.2) is 0 Å². The van der Waals surface area contributed by atoms with Crippen LogP contribution in [0.4, 0.5) is 4.39 Å². The molecule has 3 nitrogen and oxygen atoms in total. The summed E-state index contributed by atoms with van der Waals surface area (Å²) in [5, 5.41) is 0.924. The van der Waals surface area contributed by atoms with Crippen molar-refractivity contribution in [2.24, 2.45) is 5.73 Å². The van der Waals surface area contributed by atoms with Crippen LogP contribution < -0.4 is 5.73 Å². The maximum atomic E-state index is 13.3. The molecule has 0 aliphatic rings. The summed E-state index contributed by atoms with van der Waals surface area (Å²) < 4.78 is 15.4. The predicted molar refractivity (Wildman–Crippen MR) is 80.4 cm³/mol. The number of nitrogens with two attached hydrogens (primary N) is 1. The van der Waals surface area contributed by atoms with Crippen molar-refractivity contribution in [3.63, 3.8) is 0 Å². The summed E-state index contributed by atoms with van der Waals surface area (Å²) in [6, 6.07) is 6.59. The summed E-state index contributed by atoms with van der Waals surface area (Å²) in [5.41, 5.74) is 6.94. The molecule has 5 heteroatoms. The molecule has 0 spiro atoms. The van der Waals surface area contributed by atoms with Crippen molar-refractivity contribution in [3.8, 4) is 0 Å². The van der Waals surface area contributed by atoms with E-state index < -0.39 is 0 Å². The number of hydrogen-bond acceptors (Lipinski definition) is 3. The van der Waals surface area contributed by atoms with Gasteiger partial charge in [-0.1, -0.05) is 31.7 Å². The van der Waals surface area contributed by atoms with Gasteiger partial charge in [0, 0.05) is 11.4 Å². The third-order valence-electron chi connectivity index (χ3n) is 3.11. The van der Waals surface area contributed by atoms with Crippen molar-refractivity contribution >= 4 is 11.8 Å². The molecule has 0 aliphatic heterocycles. The Labute approximate surface area is 123 Å². The molecule has 1 heterocycles. The van der Waals surface area contributed by atoms with Gasteiger partial charge in [0.05, 0.1) is 12.2 Å². The Morgan fingerprint density at radius 3 is 2.70 bits per heavy atom. The highest BCUT2D eigenvalue weighted by Gasteiger charge is 2.19. The molecule has 108 valence electrons. The lowest BCUT2D eigenvalue weighted by atomic mass is 10.1. The topological polar surface area (TPSA) is 43.8 Å². The Morgan fingerprint density at radius 2 is 2.15 bits per heavy atom. The smallest absolute Gasteiger partial charge is 0.124 e. The fourth-order valence-corrected chi connectivity index (χ4v) is 3.42. The molecular formula is C15H20FN3S. The number of aromatic nitrogens is 2. The van der Waals surface area contributed by atoms with Crippen LogP contribution >= 0.6 is 11.8 Å². The number of rotatable bonds is 5. The summed E-state index contributed by atoms with van der Waals surface area (Å²) in [7, 11) is 0. The summed E-state index contributed by atoms with van der Waals surface area (Å²) in [6.45, 7) is 7.62. The second kappa shape index (κ2) is 6.41. The fourth-order valence-electron chi connectivity index (χ4n) is 2.27. The van der Waals surface area contributed by atoms with E-state index in [0.29, 0.717) is 12.5 Å². The molecular weight excluding hydrogens is 273 g/mol. The molecule has 0 radical (unpaired) electrons. The largest absolute Gasteiger partial charge is 0.330 e. The Hall–Kier alpha value is -1.33. The lowest BCUT2D eigenvalue weighted by Gasteiger charge is -2.12. The number of hydrogen-bond donors (Lipinski definition) is 1. The van der Waals surface area contributed by atoms with Crippen molar-refractivity contribution in [3.05, 3.63) is 41.6 Å². The standard InChI is InChI=1S/C15H20FN3S/c1-4-19-13(9-17)18-15(14(19)10(2)3)20-12-7-5-6-11(16)8-12/h5-8,10H,4,9,17H2,1-3H3. The molecule has 0 saturated carbocycles. The van der Waals surface area contributed by atoms with Crippen LogP contribution in [0.1, 0.15) is 38.2 Å². The maximum Gasteiger partial charge on any atom is 0.124 e. The average Bonchev–Trinajstić information content (AvgIpc) is 2.76. The lowest BCUT2D eigenvalue weighted by molar-refractivity contribution is 0.624. The van der Waals surface area contributed by atoms with Gasteiger partial charge in [-0.2, -0.15) is 0 Å². The molecule has 2 N–H and O–H groups in total. The van der Waals surface area contributed by atoms with E-state index in [1.54, 1.807) is 6.07 Å². The van der Waals surface area contributed by atoms with Crippen LogP contribution in [0.25, 0.3) is 0 Å². The molecule has 2 rings (SSSR count). The second-order valence-corrected chi connectivity index (χ2v) is 5.94. The average molecular weight is 293 g/mol. The van der Waals surface area contributed by atoms with Gasteiger partial charge in [0.1, 0.15) is 16.7 Å². The second-order valence-electron chi connectivity index (χ2n) is 4.88. The first-order valence-electron chi connectivity index (χ1n) is 6.79. The van der Waals surface area contributed by atoms with E-state index in [4.69, 9.17) is 5.73 Å². The first kappa shape index (κ1) is 15.1. The van der Waals surface area contributed by atoms with Crippen LogP contribution in [0, 0.1) is 5.82 Å². The molecule has 1 aromatic heterocycles. The van der Waals surface area contributed by atoms with E-state index in [2.05, 4.69) is 30.3 Å². The minimum absolute atomic E-state index is 0.227. The minimum atomic E-state index is -0.227. The minimum Gasteiger partial charge on any atom is -0.330 e. The zero-order chi connectivity index (χ0) is 14.7. The van der Waals surface area contributed by atoms with Crippen LogP contribution in [0.5, 0.6) is 0 Å². The van der Waals surface area contributed by atoms with E-state index in [1.165, 1.54) is 29.6 Å². The normalized spacial score (nSPS) is 11.3. The molecule has 20 heavy (non-hydrogen) atoms. The highest BCUT2D eigenvalue weighted by atomic mass is 32.2. The first-order valence-corrected chi connectivity index (χ1v) is 7.61. The molecule has 0 saturated heterocycles. The zero-order valence-electron chi connectivity index (χ0n) is 12.1. The number of nitrogens with zero attached hydrogens (tertiary/aromatic N) is 2. The molecule has 0 bridgehead atoms. The van der Waals surface area contributed by atoms with Crippen LogP contribution in [0.2, 0.25) is 0 Å². The summed E-state index contributed by atoms with van der Waals surface area (Å²) in [5.74, 6) is 1.00. The Bertz CT molecular complexity index is 593. The van der Waals surface area contributed by atoms with Gasteiger partial charge in [-0.15, -0.1) is 0 Å². The van der Waals surface area contributed by atoms with E-state index in [1.807, 2.05) is 6.07 Å². The quantitative estimate of drug-likeness (QED) is 0.912. The van der Waals surface area contributed by atoms with Gasteiger partial charge < -0.3 is 10.3 Å². The van der Waals surface area contributed by atoms with Crippen LogP contribution in [0.3, 0.4) is 0 Å².